The minimum Gasteiger partial charge on any atom is -0.492 e. The Labute approximate surface area is 181 Å². The van der Waals surface area contributed by atoms with Crippen molar-refractivity contribution >= 4 is 28.8 Å². The van der Waals surface area contributed by atoms with Gasteiger partial charge in [0.1, 0.15) is 24.0 Å². The monoisotopic (exact) mass is 419 g/mol. The third-order valence-corrected chi connectivity index (χ3v) is 4.81. The Morgan fingerprint density at radius 2 is 2.06 bits per heavy atom. The number of H-pyrrole nitrogens is 1. The molecule has 3 heterocycles. The molecule has 0 spiro atoms. The predicted octanol–water partition coefficient (Wildman–Crippen LogP) is 3.74. The number of morpholine rings is 1. The number of rotatable bonds is 8. The van der Waals surface area contributed by atoms with Crippen molar-refractivity contribution in [2.45, 2.75) is 6.92 Å². The van der Waals surface area contributed by atoms with E-state index >= 15 is 0 Å². The van der Waals surface area contributed by atoms with Gasteiger partial charge in [0.15, 0.2) is 5.82 Å². The Balaban J connectivity index is 1.33. The van der Waals surface area contributed by atoms with Crippen LogP contribution in [-0.2, 0) is 4.74 Å². The number of hydrogen-bond donors (Lipinski definition) is 3. The van der Waals surface area contributed by atoms with Crippen LogP contribution in [0, 0.1) is 13.5 Å². The van der Waals surface area contributed by atoms with E-state index in [1.807, 2.05) is 31.2 Å². The lowest BCUT2D eigenvalue weighted by atomic mass is 10.2. The molecule has 1 aromatic carbocycles. The molecule has 1 fully saturated rings. The minimum absolute atomic E-state index is 0.446. The molecule has 1 aliphatic heterocycles. The first-order chi connectivity index (χ1) is 15.2. The molecule has 3 aromatic rings. The van der Waals surface area contributed by atoms with Gasteiger partial charge in [-0.15, -0.1) is 0 Å². The highest BCUT2D eigenvalue weighted by molar-refractivity contribution is 5.69. The van der Waals surface area contributed by atoms with Crippen LogP contribution in [0.2, 0.25) is 0 Å². The van der Waals surface area contributed by atoms with Gasteiger partial charge in [-0.3, -0.25) is 5.10 Å². The topological polar surface area (TPSA) is 91.7 Å². The summed E-state index contributed by atoms with van der Waals surface area (Å²) < 4.78 is 11.3. The van der Waals surface area contributed by atoms with E-state index in [9.17, 15) is 0 Å². The molecule has 160 valence electrons. The summed E-state index contributed by atoms with van der Waals surface area (Å²) in [6, 6.07) is 13.5. The zero-order valence-electron chi connectivity index (χ0n) is 17.4. The molecule has 1 saturated heterocycles. The van der Waals surface area contributed by atoms with E-state index < -0.39 is 0 Å². The number of nitrogens with one attached hydrogen (secondary N) is 3. The molecule has 0 aliphatic carbocycles. The highest BCUT2D eigenvalue weighted by Gasteiger charge is 2.12. The van der Waals surface area contributed by atoms with Gasteiger partial charge in [-0.25, -0.2) is 9.83 Å². The van der Waals surface area contributed by atoms with Crippen LogP contribution >= 0.6 is 0 Å². The number of pyridine rings is 1. The van der Waals surface area contributed by atoms with Crippen LogP contribution in [0.25, 0.3) is 4.85 Å². The summed E-state index contributed by atoms with van der Waals surface area (Å²) in [6.07, 6.45) is 0. The number of benzene rings is 1. The molecule has 0 atom stereocenters. The molecule has 0 unspecified atom stereocenters. The molecule has 9 nitrogen and oxygen atoms in total. The maximum absolute atomic E-state index is 7.38. The quantitative estimate of drug-likeness (QED) is 0.378. The molecule has 0 saturated carbocycles. The van der Waals surface area contributed by atoms with Crippen LogP contribution in [0.3, 0.4) is 0 Å². The fourth-order valence-corrected chi connectivity index (χ4v) is 3.28. The molecular formula is C22H25N7O2. The van der Waals surface area contributed by atoms with Crippen molar-refractivity contribution in [2.75, 3.05) is 55.0 Å². The maximum atomic E-state index is 7.38. The van der Waals surface area contributed by atoms with Crippen molar-refractivity contribution in [3.8, 4) is 5.75 Å². The molecular weight excluding hydrogens is 394 g/mol. The second-order valence-electron chi connectivity index (χ2n) is 7.11. The van der Waals surface area contributed by atoms with E-state index in [1.54, 1.807) is 12.1 Å². The molecule has 0 radical (unpaired) electrons. The van der Waals surface area contributed by atoms with Gasteiger partial charge >= 0.3 is 0 Å². The number of nitrogens with zero attached hydrogens (tertiary/aromatic N) is 4. The number of aryl methyl sites for hydroxylation is 1. The Morgan fingerprint density at radius 1 is 1.19 bits per heavy atom. The van der Waals surface area contributed by atoms with E-state index in [-0.39, 0.29) is 0 Å². The van der Waals surface area contributed by atoms with Crippen LogP contribution in [0.1, 0.15) is 5.69 Å². The fourth-order valence-electron chi connectivity index (χ4n) is 3.28. The van der Waals surface area contributed by atoms with Gasteiger partial charge in [-0.2, -0.15) is 5.10 Å². The van der Waals surface area contributed by atoms with Crippen molar-refractivity contribution in [1.82, 2.24) is 15.2 Å². The lowest BCUT2D eigenvalue weighted by Crippen LogP contribution is -2.36. The third-order valence-electron chi connectivity index (χ3n) is 4.81. The second-order valence-corrected chi connectivity index (χ2v) is 7.11. The van der Waals surface area contributed by atoms with Gasteiger partial charge < -0.3 is 25.0 Å². The lowest BCUT2D eigenvalue weighted by molar-refractivity contribution is 0.122. The predicted molar refractivity (Wildman–Crippen MR) is 121 cm³/mol. The van der Waals surface area contributed by atoms with Crippen molar-refractivity contribution in [1.29, 1.82) is 0 Å². The van der Waals surface area contributed by atoms with E-state index in [0.29, 0.717) is 36.3 Å². The van der Waals surface area contributed by atoms with Crippen molar-refractivity contribution in [2.24, 2.45) is 0 Å². The van der Waals surface area contributed by atoms with Crippen LogP contribution in [0.15, 0.2) is 42.5 Å². The number of hydrogen-bond acceptors (Lipinski definition) is 7. The molecule has 3 N–H and O–H groups in total. The van der Waals surface area contributed by atoms with Crippen LogP contribution in [-0.4, -0.2) is 54.6 Å². The van der Waals surface area contributed by atoms with Gasteiger partial charge in [0.05, 0.1) is 19.8 Å². The Kier molecular flexibility index (Phi) is 6.50. The summed E-state index contributed by atoms with van der Waals surface area (Å²) in [5, 5.41) is 13.4. The summed E-state index contributed by atoms with van der Waals surface area (Å²) in [4.78, 5) is 10.3. The zero-order valence-corrected chi connectivity index (χ0v) is 17.4. The summed E-state index contributed by atoms with van der Waals surface area (Å²) in [6.45, 7) is 13.5. The third kappa shape index (κ3) is 5.43. The number of aromatic amines is 1. The molecule has 2 aromatic heterocycles. The average molecular weight is 419 g/mol. The fraction of sp³-hybridized carbons (Fsp3) is 0.318. The molecule has 4 rings (SSSR count). The Morgan fingerprint density at radius 3 is 2.84 bits per heavy atom. The van der Waals surface area contributed by atoms with Crippen molar-refractivity contribution < 1.29 is 9.47 Å². The molecule has 9 heteroatoms. The average Bonchev–Trinajstić information content (AvgIpc) is 3.22. The smallest absolute Gasteiger partial charge is 0.228 e. The first-order valence-electron chi connectivity index (χ1n) is 10.2. The summed E-state index contributed by atoms with van der Waals surface area (Å²) >= 11 is 0. The van der Waals surface area contributed by atoms with Crippen LogP contribution < -0.4 is 20.3 Å². The van der Waals surface area contributed by atoms with Gasteiger partial charge in [0.25, 0.3) is 0 Å². The van der Waals surface area contributed by atoms with Crippen LogP contribution in [0.4, 0.5) is 28.8 Å². The summed E-state index contributed by atoms with van der Waals surface area (Å²) in [5.74, 6) is 2.61. The standard InChI is InChI=1S/C22H25N7O2/c1-16-14-21(28-27-16)25-20-7-6-19(23-2)22(26-20)24-8-11-31-18-5-3-4-17(15-18)29-9-12-30-13-10-29/h3-7,14-15H,8-13H2,1H3,(H3,24,25,26,27,28). The second kappa shape index (κ2) is 9.82. The number of aromatic nitrogens is 3. The van der Waals surface area contributed by atoms with E-state index in [0.717, 1.165) is 43.4 Å². The first-order valence-corrected chi connectivity index (χ1v) is 10.2. The zero-order chi connectivity index (χ0) is 21.5. The van der Waals surface area contributed by atoms with E-state index in [2.05, 4.69) is 41.6 Å². The van der Waals surface area contributed by atoms with Crippen LogP contribution in [0.5, 0.6) is 5.75 Å². The molecule has 0 bridgehead atoms. The SMILES string of the molecule is [C-]#[N+]c1ccc(Nc2cc(C)[nH]n2)nc1NCCOc1cccc(N2CCOCC2)c1. The summed E-state index contributed by atoms with van der Waals surface area (Å²) in [5.41, 5.74) is 2.55. The molecule has 1 aliphatic rings. The van der Waals surface area contributed by atoms with E-state index in [4.69, 9.17) is 16.0 Å². The highest BCUT2D eigenvalue weighted by atomic mass is 16.5. The van der Waals surface area contributed by atoms with Gasteiger partial charge in [0, 0.05) is 43.1 Å². The van der Waals surface area contributed by atoms with Crippen molar-refractivity contribution in [3.05, 3.63) is 59.6 Å². The summed E-state index contributed by atoms with van der Waals surface area (Å²) in [7, 11) is 0. The lowest BCUT2D eigenvalue weighted by Gasteiger charge is -2.29. The molecule has 31 heavy (non-hydrogen) atoms. The molecule has 0 amide bonds. The normalized spacial score (nSPS) is 13.5. The minimum atomic E-state index is 0.446. The van der Waals surface area contributed by atoms with Crippen molar-refractivity contribution in [3.63, 3.8) is 0 Å². The van der Waals surface area contributed by atoms with Gasteiger partial charge in [-0.05, 0) is 31.2 Å². The van der Waals surface area contributed by atoms with E-state index in [1.165, 1.54) is 0 Å². The maximum Gasteiger partial charge on any atom is 0.228 e. The Hall–Kier alpha value is -3.77. The first kappa shape index (κ1) is 20.5. The Bertz CT molecular complexity index is 1050. The number of anilines is 4. The van der Waals surface area contributed by atoms with Gasteiger partial charge in [0.2, 0.25) is 5.69 Å². The largest absolute Gasteiger partial charge is 0.492 e. The number of ether oxygens (including phenoxy) is 2. The van der Waals surface area contributed by atoms with Gasteiger partial charge in [-0.1, -0.05) is 6.07 Å². The highest BCUT2D eigenvalue weighted by Crippen LogP contribution is 2.26.